The SMILES string of the molecule is O=C(O)c1cc(N/N=C/c2ccc(OCc3ccccc3Cl)cc2)ccc1Cl. The Balaban J connectivity index is 1.57. The van der Waals surface area contributed by atoms with Crippen LogP contribution in [0.4, 0.5) is 5.69 Å². The third-order valence-electron chi connectivity index (χ3n) is 3.84. The third kappa shape index (κ3) is 5.25. The molecular weight excluding hydrogens is 399 g/mol. The van der Waals surface area contributed by atoms with Gasteiger partial charge in [-0.3, -0.25) is 5.43 Å². The molecule has 5 nitrogen and oxygen atoms in total. The summed E-state index contributed by atoms with van der Waals surface area (Å²) >= 11 is 12.0. The first-order valence-corrected chi connectivity index (χ1v) is 9.07. The van der Waals surface area contributed by atoms with Crippen molar-refractivity contribution in [2.45, 2.75) is 6.61 Å². The summed E-state index contributed by atoms with van der Waals surface area (Å²) in [5.41, 5.74) is 5.10. The lowest BCUT2D eigenvalue weighted by molar-refractivity contribution is 0.0697. The molecule has 3 aromatic rings. The smallest absolute Gasteiger partial charge is 0.337 e. The van der Waals surface area contributed by atoms with Crippen LogP contribution in [0.1, 0.15) is 21.5 Å². The van der Waals surface area contributed by atoms with E-state index in [4.69, 9.17) is 33.0 Å². The first-order chi connectivity index (χ1) is 13.5. The van der Waals surface area contributed by atoms with Crippen LogP contribution in [0.25, 0.3) is 0 Å². The molecule has 0 heterocycles. The molecule has 0 radical (unpaired) electrons. The maximum atomic E-state index is 11.1. The zero-order valence-electron chi connectivity index (χ0n) is 14.6. The van der Waals surface area contributed by atoms with Crippen molar-refractivity contribution in [3.05, 3.63) is 93.5 Å². The predicted molar refractivity (Wildman–Crippen MR) is 112 cm³/mol. The van der Waals surface area contributed by atoms with Gasteiger partial charge in [0.1, 0.15) is 12.4 Å². The van der Waals surface area contributed by atoms with Gasteiger partial charge >= 0.3 is 5.97 Å². The molecule has 0 bridgehead atoms. The highest BCUT2D eigenvalue weighted by Gasteiger charge is 2.08. The molecule has 28 heavy (non-hydrogen) atoms. The molecular formula is C21H16Cl2N2O3. The highest BCUT2D eigenvalue weighted by atomic mass is 35.5. The standard InChI is InChI=1S/C21H16Cl2N2O3/c22-19-4-2-1-3-15(19)13-28-17-8-5-14(6-9-17)12-24-25-16-7-10-20(23)18(11-16)21(26)27/h1-12,25H,13H2,(H,26,27)/b24-12+. The summed E-state index contributed by atoms with van der Waals surface area (Å²) in [7, 11) is 0. The number of nitrogens with zero attached hydrogens (tertiary/aromatic N) is 1. The van der Waals surface area contributed by atoms with Gasteiger partial charge in [-0.05, 0) is 54.1 Å². The molecule has 0 spiro atoms. The Morgan fingerprint density at radius 3 is 2.50 bits per heavy atom. The molecule has 0 amide bonds. The van der Waals surface area contributed by atoms with Crippen LogP contribution < -0.4 is 10.2 Å². The Morgan fingerprint density at radius 1 is 1.04 bits per heavy atom. The Morgan fingerprint density at radius 2 is 1.79 bits per heavy atom. The molecule has 0 unspecified atom stereocenters. The van der Waals surface area contributed by atoms with Gasteiger partial charge in [0.15, 0.2) is 0 Å². The number of halogens is 2. The first-order valence-electron chi connectivity index (χ1n) is 8.31. The van der Waals surface area contributed by atoms with E-state index in [-0.39, 0.29) is 10.6 Å². The molecule has 142 valence electrons. The van der Waals surface area contributed by atoms with E-state index in [0.29, 0.717) is 23.1 Å². The van der Waals surface area contributed by atoms with E-state index in [9.17, 15) is 4.79 Å². The van der Waals surface area contributed by atoms with E-state index in [1.807, 2.05) is 48.5 Å². The van der Waals surface area contributed by atoms with E-state index in [0.717, 1.165) is 11.1 Å². The molecule has 0 saturated carbocycles. The van der Waals surface area contributed by atoms with Crippen molar-refractivity contribution in [3.63, 3.8) is 0 Å². The summed E-state index contributed by atoms with van der Waals surface area (Å²) in [6.07, 6.45) is 1.62. The number of carbonyl (C=O) groups is 1. The highest BCUT2D eigenvalue weighted by Crippen LogP contribution is 2.21. The van der Waals surface area contributed by atoms with Crippen molar-refractivity contribution in [2.24, 2.45) is 5.10 Å². The van der Waals surface area contributed by atoms with Crippen molar-refractivity contribution in [3.8, 4) is 5.75 Å². The number of carboxylic acid groups (broad SMARTS) is 1. The van der Waals surface area contributed by atoms with E-state index in [2.05, 4.69) is 10.5 Å². The van der Waals surface area contributed by atoms with Gasteiger partial charge in [-0.25, -0.2) is 4.79 Å². The molecule has 0 aliphatic carbocycles. The minimum Gasteiger partial charge on any atom is -0.489 e. The van der Waals surface area contributed by atoms with Crippen molar-refractivity contribution in [1.29, 1.82) is 0 Å². The van der Waals surface area contributed by atoms with Gasteiger partial charge in [0, 0.05) is 10.6 Å². The van der Waals surface area contributed by atoms with Crippen LogP contribution in [-0.2, 0) is 6.61 Å². The molecule has 0 aliphatic heterocycles. The van der Waals surface area contributed by atoms with Crippen molar-refractivity contribution >= 4 is 41.1 Å². The molecule has 0 aromatic heterocycles. The lowest BCUT2D eigenvalue weighted by atomic mass is 10.2. The zero-order valence-corrected chi connectivity index (χ0v) is 16.1. The summed E-state index contributed by atoms with van der Waals surface area (Å²) < 4.78 is 5.74. The molecule has 0 fully saturated rings. The number of aromatic carboxylic acids is 1. The van der Waals surface area contributed by atoms with Gasteiger partial charge in [-0.1, -0.05) is 41.4 Å². The van der Waals surface area contributed by atoms with Gasteiger partial charge in [0.05, 0.1) is 22.5 Å². The number of anilines is 1. The topological polar surface area (TPSA) is 70.9 Å². The minimum atomic E-state index is -1.09. The molecule has 0 aliphatic rings. The van der Waals surface area contributed by atoms with Crippen LogP contribution in [0.15, 0.2) is 71.8 Å². The van der Waals surface area contributed by atoms with E-state index < -0.39 is 5.97 Å². The fraction of sp³-hybridized carbons (Fsp3) is 0.0476. The van der Waals surface area contributed by atoms with Crippen LogP contribution in [-0.4, -0.2) is 17.3 Å². The van der Waals surface area contributed by atoms with Crippen LogP contribution in [0.2, 0.25) is 10.0 Å². The average Bonchev–Trinajstić information content (AvgIpc) is 2.69. The number of carboxylic acids is 1. The zero-order chi connectivity index (χ0) is 19.9. The van der Waals surface area contributed by atoms with Gasteiger partial charge < -0.3 is 9.84 Å². The summed E-state index contributed by atoms with van der Waals surface area (Å²) in [5, 5.41) is 14.0. The van der Waals surface area contributed by atoms with Crippen LogP contribution in [0.5, 0.6) is 5.75 Å². The Bertz CT molecular complexity index is 1000. The van der Waals surface area contributed by atoms with E-state index in [1.165, 1.54) is 12.1 Å². The maximum absolute atomic E-state index is 11.1. The van der Waals surface area contributed by atoms with Gasteiger partial charge in [0.2, 0.25) is 0 Å². The number of rotatable bonds is 7. The van der Waals surface area contributed by atoms with Gasteiger partial charge in [-0.2, -0.15) is 5.10 Å². The lowest BCUT2D eigenvalue weighted by Gasteiger charge is -2.08. The molecule has 0 atom stereocenters. The van der Waals surface area contributed by atoms with Crippen LogP contribution >= 0.6 is 23.2 Å². The summed E-state index contributed by atoms with van der Waals surface area (Å²) in [4.78, 5) is 11.1. The number of hydrogen-bond donors (Lipinski definition) is 2. The van der Waals surface area contributed by atoms with Crippen LogP contribution in [0.3, 0.4) is 0 Å². The number of benzene rings is 3. The van der Waals surface area contributed by atoms with Crippen LogP contribution in [0, 0.1) is 0 Å². The minimum absolute atomic E-state index is 0.0156. The number of ether oxygens (including phenoxy) is 1. The molecule has 3 aromatic carbocycles. The summed E-state index contributed by atoms with van der Waals surface area (Å²) in [6, 6.07) is 19.5. The second-order valence-corrected chi connectivity index (χ2v) is 6.63. The number of nitrogens with one attached hydrogen (secondary N) is 1. The molecule has 2 N–H and O–H groups in total. The second kappa shape index (κ2) is 9.26. The Labute approximate surface area is 172 Å². The van der Waals surface area contributed by atoms with Crippen molar-refractivity contribution in [2.75, 3.05) is 5.43 Å². The van der Waals surface area contributed by atoms with Crippen molar-refractivity contribution in [1.82, 2.24) is 0 Å². The monoisotopic (exact) mass is 414 g/mol. The Hall–Kier alpha value is -3.02. The van der Waals surface area contributed by atoms with Gasteiger partial charge in [0.25, 0.3) is 0 Å². The van der Waals surface area contributed by atoms with Gasteiger partial charge in [-0.15, -0.1) is 0 Å². The predicted octanol–water partition coefficient (Wildman–Crippen LogP) is 5.72. The summed E-state index contributed by atoms with van der Waals surface area (Å²) in [6.45, 7) is 0.386. The van der Waals surface area contributed by atoms with E-state index in [1.54, 1.807) is 12.3 Å². The number of hydrogen-bond acceptors (Lipinski definition) is 4. The largest absolute Gasteiger partial charge is 0.489 e. The second-order valence-electron chi connectivity index (χ2n) is 5.82. The molecule has 0 saturated heterocycles. The van der Waals surface area contributed by atoms with Crippen molar-refractivity contribution < 1.29 is 14.6 Å². The molecule has 3 rings (SSSR count). The fourth-order valence-electron chi connectivity index (χ4n) is 2.37. The lowest BCUT2D eigenvalue weighted by Crippen LogP contribution is -1.99. The quantitative estimate of drug-likeness (QED) is 0.383. The highest BCUT2D eigenvalue weighted by molar-refractivity contribution is 6.33. The number of hydrazone groups is 1. The fourth-order valence-corrected chi connectivity index (χ4v) is 2.76. The normalized spacial score (nSPS) is 10.8. The van der Waals surface area contributed by atoms with E-state index >= 15 is 0 Å². The maximum Gasteiger partial charge on any atom is 0.337 e. The molecule has 7 heteroatoms. The Kier molecular flexibility index (Phi) is 6.53. The summed E-state index contributed by atoms with van der Waals surface area (Å²) in [5.74, 6) is -0.376. The average molecular weight is 415 g/mol. The first kappa shape index (κ1) is 19.7. The third-order valence-corrected chi connectivity index (χ3v) is 4.53.